The van der Waals surface area contributed by atoms with Gasteiger partial charge in [-0.25, -0.2) is 8.78 Å². The molecule has 0 spiro atoms. The summed E-state index contributed by atoms with van der Waals surface area (Å²) in [5.41, 5.74) is 5.06. The summed E-state index contributed by atoms with van der Waals surface area (Å²) in [5.74, 6) is -3.65. The highest BCUT2D eigenvalue weighted by Gasteiger charge is 2.19. The maximum atomic E-state index is 13.3. The maximum Gasteiger partial charge on any atom is 0.320 e. The number of carbonyl (C=O) groups is 1. The van der Waals surface area contributed by atoms with E-state index < -0.39 is 36.1 Å². The standard InChI is InChI=1S/C9H15F2N3O2/c1-5(14-3-2-12)8(11)6(10)4-7(13)9(15)16/h2,5,7,12,14H,3-4,13H2,1H3,(H,15,16). The first-order chi connectivity index (χ1) is 7.40. The molecule has 7 heteroatoms. The van der Waals surface area contributed by atoms with Crippen molar-refractivity contribution in [2.75, 3.05) is 6.54 Å². The zero-order chi connectivity index (χ0) is 12.7. The smallest absolute Gasteiger partial charge is 0.320 e. The van der Waals surface area contributed by atoms with Crippen LogP contribution in [0, 0.1) is 5.41 Å². The molecule has 0 rings (SSSR count). The molecule has 5 nitrogen and oxygen atoms in total. The van der Waals surface area contributed by atoms with E-state index in [9.17, 15) is 13.6 Å². The third-order valence-electron chi connectivity index (χ3n) is 1.88. The fourth-order valence-electron chi connectivity index (χ4n) is 0.938. The summed E-state index contributed by atoms with van der Waals surface area (Å²) in [5, 5.41) is 17.6. The lowest BCUT2D eigenvalue weighted by atomic mass is 10.1. The largest absolute Gasteiger partial charge is 0.480 e. The first-order valence-corrected chi connectivity index (χ1v) is 4.64. The van der Waals surface area contributed by atoms with Gasteiger partial charge in [0, 0.05) is 19.2 Å². The van der Waals surface area contributed by atoms with E-state index in [1.54, 1.807) is 0 Å². The van der Waals surface area contributed by atoms with Crippen LogP contribution in [0.3, 0.4) is 0 Å². The second-order valence-electron chi connectivity index (χ2n) is 3.24. The number of carboxylic acid groups (broad SMARTS) is 1. The quantitative estimate of drug-likeness (QED) is 0.485. The molecule has 0 aromatic carbocycles. The molecule has 2 unspecified atom stereocenters. The average molecular weight is 235 g/mol. The Labute approximate surface area is 91.8 Å². The van der Waals surface area contributed by atoms with E-state index in [0.717, 1.165) is 6.21 Å². The molecule has 0 aliphatic rings. The molecular weight excluding hydrogens is 220 g/mol. The highest BCUT2D eigenvalue weighted by atomic mass is 19.2. The van der Waals surface area contributed by atoms with Gasteiger partial charge in [0.1, 0.15) is 17.7 Å². The summed E-state index contributed by atoms with van der Waals surface area (Å²) in [6.45, 7) is 1.47. The van der Waals surface area contributed by atoms with E-state index >= 15 is 0 Å². The number of carboxylic acids is 1. The van der Waals surface area contributed by atoms with E-state index in [1.807, 2.05) is 0 Å². The lowest BCUT2D eigenvalue weighted by Crippen LogP contribution is -2.32. The number of aliphatic carboxylic acids is 1. The van der Waals surface area contributed by atoms with Crippen LogP contribution in [0.15, 0.2) is 11.7 Å². The molecule has 2 atom stereocenters. The van der Waals surface area contributed by atoms with Gasteiger partial charge in [-0.2, -0.15) is 0 Å². The van der Waals surface area contributed by atoms with Crippen molar-refractivity contribution in [1.29, 1.82) is 5.41 Å². The summed E-state index contributed by atoms with van der Waals surface area (Å²) >= 11 is 0. The van der Waals surface area contributed by atoms with Gasteiger partial charge < -0.3 is 21.6 Å². The molecule has 0 fully saturated rings. The minimum absolute atomic E-state index is 0.104. The van der Waals surface area contributed by atoms with E-state index in [-0.39, 0.29) is 6.54 Å². The van der Waals surface area contributed by atoms with Gasteiger partial charge in [0.15, 0.2) is 0 Å². The third kappa shape index (κ3) is 4.94. The first-order valence-electron chi connectivity index (χ1n) is 4.64. The third-order valence-corrected chi connectivity index (χ3v) is 1.88. The van der Waals surface area contributed by atoms with Crippen molar-refractivity contribution >= 4 is 12.2 Å². The Kier molecular flexibility index (Phi) is 6.43. The SMILES string of the molecule is CC(NCC=N)C(F)=C(F)CC(N)C(=O)O. The number of rotatable bonds is 7. The van der Waals surface area contributed by atoms with Crippen molar-refractivity contribution in [2.45, 2.75) is 25.4 Å². The molecule has 0 heterocycles. The normalized spacial score (nSPS) is 16.2. The van der Waals surface area contributed by atoms with E-state index in [1.165, 1.54) is 6.92 Å². The van der Waals surface area contributed by atoms with Gasteiger partial charge in [0.05, 0.1) is 6.04 Å². The molecule has 0 saturated heterocycles. The molecular formula is C9H15F2N3O2. The Balaban J connectivity index is 4.44. The lowest BCUT2D eigenvalue weighted by molar-refractivity contribution is -0.138. The van der Waals surface area contributed by atoms with Gasteiger partial charge in [0.25, 0.3) is 0 Å². The molecule has 92 valence electrons. The maximum absolute atomic E-state index is 13.3. The summed E-state index contributed by atoms with van der Waals surface area (Å²) in [6, 6.07) is -2.37. The second kappa shape index (κ2) is 7.02. The van der Waals surface area contributed by atoms with E-state index in [4.69, 9.17) is 16.2 Å². The molecule has 0 aromatic rings. The van der Waals surface area contributed by atoms with Crippen molar-refractivity contribution in [3.8, 4) is 0 Å². The molecule has 0 aromatic heterocycles. The zero-order valence-corrected chi connectivity index (χ0v) is 8.84. The predicted octanol–water partition coefficient (Wildman–Crippen LogP) is 0.567. The van der Waals surface area contributed by atoms with Crippen molar-refractivity contribution in [1.82, 2.24) is 5.32 Å². The van der Waals surface area contributed by atoms with Gasteiger partial charge in [-0.1, -0.05) is 0 Å². The van der Waals surface area contributed by atoms with Gasteiger partial charge in [-0.15, -0.1) is 0 Å². The Bertz CT molecular complexity index is 294. The molecule has 0 bridgehead atoms. The minimum atomic E-state index is -1.46. The van der Waals surface area contributed by atoms with Crippen LogP contribution < -0.4 is 11.1 Å². The van der Waals surface area contributed by atoms with Crippen LogP contribution in [-0.4, -0.2) is 35.9 Å². The number of halogens is 2. The summed E-state index contributed by atoms with van der Waals surface area (Å²) < 4.78 is 26.4. The van der Waals surface area contributed by atoms with Crippen molar-refractivity contribution < 1.29 is 18.7 Å². The number of hydrogen-bond donors (Lipinski definition) is 4. The van der Waals surface area contributed by atoms with Crippen LogP contribution in [-0.2, 0) is 4.79 Å². The minimum Gasteiger partial charge on any atom is -0.480 e. The lowest BCUT2D eigenvalue weighted by Gasteiger charge is -2.12. The monoisotopic (exact) mass is 235 g/mol. The van der Waals surface area contributed by atoms with Gasteiger partial charge in [-0.05, 0) is 6.92 Å². The van der Waals surface area contributed by atoms with Gasteiger partial charge >= 0.3 is 5.97 Å². The zero-order valence-electron chi connectivity index (χ0n) is 8.84. The summed E-state index contributed by atoms with van der Waals surface area (Å²) in [6.07, 6.45) is 0.322. The van der Waals surface area contributed by atoms with Crippen molar-refractivity contribution in [3.05, 3.63) is 11.7 Å². The van der Waals surface area contributed by atoms with Crippen LogP contribution in [0.25, 0.3) is 0 Å². The predicted molar refractivity (Wildman–Crippen MR) is 55.7 cm³/mol. The van der Waals surface area contributed by atoms with E-state index in [0.29, 0.717) is 0 Å². The van der Waals surface area contributed by atoms with Crippen molar-refractivity contribution in [3.63, 3.8) is 0 Å². The Morgan fingerprint density at radius 3 is 2.62 bits per heavy atom. The number of nitrogens with one attached hydrogen (secondary N) is 2. The topological polar surface area (TPSA) is 99.2 Å². The van der Waals surface area contributed by atoms with Crippen LogP contribution in [0.2, 0.25) is 0 Å². The molecule has 0 aliphatic carbocycles. The molecule has 5 N–H and O–H groups in total. The number of nitrogens with two attached hydrogens (primary N) is 1. The molecule has 0 aliphatic heterocycles. The van der Waals surface area contributed by atoms with E-state index in [2.05, 4.69) is 5.32 Å². The highest BCUT2D eigenvalue weighted by molar-refractivity contribution is 5.73. The Morgan fingerprint density at radius 1 is 1.62 bits per heavy atom. The van der Waals surface area contributed by atoms with Crippen LogP contribution in [0.4, 0.5) is 8.78 Å². The van der Waals surface area contributed by atoms with Crippen LogP contribution in [0.5, 0.6) is 0 Å². The molecule has 0 saturated carbocycles. The van der Waals surface area contributed by atoms with Gasteiger partial charge in [-0.3, -0.25) is 4.79 Å². The highest BCUT2D eigenvalue weighted by Crippen LogP contribution is 2.16. The molecule has 16 heavy (non-hydrogen) atoms. The van der Waals surface area contributed by atoms with Crippen LogP contribution >= 0.6 is 0 Å². The fourth-order valence-corrected chi connectivity index (χ4v) is 0.938. The summed E-state index contributed by atoms with van der Waals surface area (Å²) in [4.78, 5) is 10.3. The van der Waals surface area contributed by atoms with Gasteiger partial charge in [0.2, 0.25) is 0 Å². The average Bonchev–Trinajstić information content (AvgIpc) is 2.24. The summed E-state index contributed by atoms with van der Waals surface area (Å²) in [7, 11) is 0. The fraction of sp³-hybridized carbons (Fsp3) is 0.556. The van der Waals surface area contributed by atoms with Crippen LogP contribution in [0.1, 0.15) is 13.3 Å². The molecule has 0 radical (unpaired) electrons. The second-order valence-corrected chi connectivity index (χ2v) is 3.24. The molecule has 0 amide bonds. The first kappa shape index (κ1) is 14.7. The number of hydrogen-bond acceptors (Lipinski definition) is 4. The Hall–Kier alpha value is -1.34. The Morgan fingerprint density at radius 2 is 2.19 bits per heavy atom. The van der Waals surface area contributed by atoms with Crippen molar-refractivity contribution in [2.24, 2.45) is 5.73 Å².